The molecule has 7 heteroatoms. The molecule has 1 aromatic rings. The van der Waals surface area contributed by atoms with Gasteiger partial charge in [-0.25, -0.2) is 0 Å². The number of allylic oxidation sites excluding steroid dienone is 1. The Balaban J connectivity index is 2.20. The smallest absolute Gasteiger partial charge is 0.325 e. The van der Waals surface area contributed by atoms with Gasteiger partial charge in [0, 0.05) is 0 Å². The molecule has 0 saturated heterocycles. The topological polar surface area (TPSA) is 29.1 Å². The largest absolute Gasteiger partial charge is 0.418 e. The third-order valence-electron chi connectivity index (χ3n) is 3.99. The Morgan fingerprint density at radius 2 is 1.86 bits per heavy atom. The van der Waals surface area contributed by atoms with Crippen molar-refractivity contribution < 1.29 is 18.0 Å². The average molecular weight is 352 g/mol. The molecule has 22 heavy (non-hydrogen) atoms. The van der Waals surface area contributed by atoms with Crippen LogP contribution in [-0.2, 0) is 11.0 Å². The number of benzene rings is 1. The predicted octanol–water partition coefficient (Wildman–Crippen LogP) is 5.24. The Morgan fingerprint density at radius 1 is 1.27 bits per heavy atom. The fourth-order valence-corrected chi connectivity index (χ4v) is 2.95. The number of carbonyl (C=O) groups excluding carboxylic acids is 1. The van der Waals surface area contributed by atoms with Gasteiger partial charge in [0.2, 0.25) is 5.91 Å². The van der Waals surface area contributed by atoms with Gasteiger partial charge in [0.05, 0.1) is 17.2 Å². The highest BCUT2D eigenvalue weighted by molar-refractivity contribution is 6.55. The van der Waals surface area contributed by atoms with Crippen LogP contribution < -0.4 is 5.32 Å². The van der Waals surface area contributed by atoms with Gasteiger partial charge in [0.1, 0.15) is 4.49 Å². The first-order valence-electron chi connectivity index (χ1n) is 6.55. The number of nitrogens with one attached hydrogen (secondary N) is 1. The minimum absolute atomic E-state index is 0.0454. The number of carbonyl (C=O) groups is 1. The fraction of sp³-hybridized carbons (Fsp3) is 0.400. The van der Waals surface area contributed by atoms with Gasteiger partial charge < -0.3 is 5.32 Å². The number of rotatable bonds is 3. The van der Waals surface area contributed by atoms with Gasteiger partial charge in [-0.3, -0.25) is 4.79 Å². The molecule has 1 N–H and O–H groups in total. The first kappa shape index (κ1) is 17.2. The number of para-hydroxylation sites is 1. The first-order valence-corrected chi connectivity index (χ1v) is 7.30. The molecule has 0 aromatic heterocycles. The third-order valence-corrected chi connectivity index (χ3v) is 4.24. The number of hydrogen-bond donors (Lipinski definition) is 1. The Hall–Kier alpha value is -1.20. The lowest BCUT2D eigenvalue weighted by Crippen LogP contribution is -2.19. The Kier molecular flexibility index (Phi) is 4.51. The van der Waals surface area contributed by atoms with E-state index in [9.17, 15) is 18.0 Å². The van der Waals surface area contributed by atoms with E-state index in [-0.39, 0.29) is 16.1 Å². The average Bonchev–Trinajstić information content (AvgIpc) is 2.89. The second kappa shape index (κ2) is 5.78. The molecule has 0 radical (unpaired) electrons. The Morgan fingerprint density at radius 3 is 2.41 bits per heavy atom. The minimum Gasteiger partial charge on any atom is -0.325 e. The van der Waals surface area contributed by atoms with Crippen LogP contribution in [0.2, 0.25) is 0 Å². The van der Waals surface area contributed by atoms with E-state index in [1.165, 1.54) is 18.2 Å². The SMILES string of the molecule is CC1(C)[C@H](C=C(Cl)Cl)[C@@H]1C(=O)Nc1ccccc1C(F)(F)F. The van der Waals surface area contributed by atoms with Crippen molar-refractivity contribution in [2.75, 3.05) is 5.32 Å². The van der Waals surface area contributed by atoms with Crippen molar-refractivity contribution in [1.82, 2.24) is 0 Å². The number of anilines is 1. The highest BCUT2D eigenvalue weighted by Gasteiger charge is 2.60. The summed E-state index contributed by atoms with van der Waals surface area (Å²) in [6, 6.07) is 4.88. The van der Waals surface area contributed by atoms with Crippen LogP contribution in [0, 0.1) is 17.3 Å². The maximum Gasteiger partial charge on any atom is 0.418 e. The maximum atomic E-state index is 12.9. The molecular weight excluding hydrogens is 338 g/mol. The summed E-state index contributed by atoms with van der Waals surface area (Å²) in [7, 11) is 0. The molecule has 0 aliphatic heterocycles. The standard InChI is InChI=1S/C15H14Cl2F3NO/c1-14(2)9(7-11(16)17)12(14)13(22)21-10-6-4-3-5-8(10)15(18,19)20/h3-7,9,12H,1-2H3,(H,21,22)/t9-,12-/m1/s1. The molecule has 1 aliphatic rings. The first-order chi connectivity index (χ1) is 10.0. The number of amides is 1. The van der Waals surface area contributed by atoms with Gasteiger partial charge >= 0.3 is 6.18 Å². The van der Waals surface area contributed by atoms with Crippen LogP contribution >= 0.6 is 23.2 Å². The molecule has 1 saturated carbocycles. The summed E-state index contributed by atoms with van der Waals surface area (Å²) >= 11 is 11.2. The van der Waals surface area contributed by atoms with Crippen LogP contribution in [0.15, 0.2) is 34.8 Å². The normalized spacial score (nSPS) is 22.9. The second-order valence-electron chi connectivity index (χ2n) is 5.81. The van der Waals surface area contributed by atoms with E-state index < -0.39 is 29.0 Å². The van der Waals surface area contributed by atoms with Gasteiger partial charge in [-0.1, -0.05) is 49.2 Å². The number of alkyl halides is 3. The van der Waals surface area contributed by atoms with Crippen LogP contribution in [0.25, 0.3) is 0 Å². The van der Waals surface area contributed by atoms with E-state index in [0.29, 0.717) is 0 Å². The summed E-state index contributed by atoms with van der Waals surface area (Å²) in [6.07, 6.45) is -2.98. The lowest BCUT2D eigenvalue weighted by Gasteiger charge is -2.13. The van der Waals surface area contributed by atoms with E-state index in [1.54, 1.807) is 6.08 Å². The second-order valence-corrected chi connectivity index (χ2v) is 6.82. The summed E-state index contributed by atoms with van der Waals surface area (Å²) in [5.41, 5.74) is -1.52. The van der Waals surface area contributed by atoms with Gasteiger partial charge in [-0.15, -0.1) is 0 Å². The van der Waals surface area contributed by atoms with Crippen molar-refractivity contribution in [3.63, 3.8) is 0 Å². The Bertz CT molecular complexity index is 621. The quantitative estimate of drug-likeness (QED) is 0.792. The van der Waals surface area contributed by atoms with Crippen LogP contribution in [0.4, 0.5) is 18.9 Å². The molecule has 2 nitrogen and oxygen atoms in total. The fourth-order valence-electron chi connectivity index (χ4n) is 2.68. The highest BCUT2D eigenvalue weighted by atomic mass is 35.5. The molecule has 1 fully saturated rings. The van der Waals surface area contributed by atoms with Crippen LogP contribution in [-0.4, -0.2) is 5.91 Å². The molecule has 0 unspecified atom stereocenters. The third kappa shape index (κ3) is 3.41. The summed E-state index contributed by atoms with van der Waals surface area (Å²) in [6.45, 7) is 3.68. The van der Waals surface area contributed by atoms with E-state index in [4.69, 9.17) is 23.2 Å². The van der Waals surface area contributed by atoms with Gasteiger partial charge in [-0.05, 0) is 29.5 Å². The van der Waals surface area contributed by atoms with Gasteiger partial charge in [0.15, 0.2) is 0 Å². The minimum atomic E-state index is -4.53. The molecule has 0 bridgehead atoms. The van der Waals surface area contributed by atoms with Crippen molar-refractivity contribution in [3.05, 3.63) is 40.4 Å². The van der Waals surface area contributed by atoms with Crippen molar-refractivity contribution in [2.24, 2.45) is 17.3 Å². The maximum absolute atomic E-state index is 12.9. The summed E-state index contributed by atoms with van der Waals surface area (Å²) in [5, 5.41) is 2.36. The lowest BCUT2D eigenvalue weighted by molar-refractivity contribution is -0.137. The lowest BCUT2D eigenvalue weighted by atomic mass is 10.1. The van der Waals surface area contributed by atoms with Gasteiger partial charge in [0.25, 0.3) is 0 Å². The zero-order valence-corrected chi connectivity index (χ0v) is 13.4. The predicted molar refractivity (Wildman–Crippen MR) is 80.6 cm³/mol. The molecule has 0 heterocycles. The summed E-state index contributed by atoms with van der Waals surface area (Å²) in [4.78, 5) is 12.3. The Labute approximate surface area is 136 Å². The zero-order valence-electron chi connectivity index (χ0n) is 11.8. The number of halogens is 5. The van der Waals surface area contributed by atoms with Crippen molar-refractivity contribution in [1.29, 1.82) is 0 Å². The summed E-state index contributed by atoms with van der Waals surface area (Å²) < 4.78 is 38.8. The molecule has 2 atom stereocenters. The van der Waals surface area contributed by atoms with E-state index in [0.717, 1.165) is 6.07 Å². The van der Waals surface area contributed by atoms with Crippen molar-refractivity contribution >= 4 is 34.8 Å². The highest BCUT2D eigenvalue weighted by Crippen LogP contribution is 2.60. The molecule has 2 rings (SSSR count). The molecule has 1 aliphatic carbocycles. The van der Waals surface area contributed by atoms with Crippen molar-refractivity contribution in [3.8, 4) is 0 Å². The molecular formula is C15H14Cl2F3NO. The molecule has 1 amide bonds. The number of hydrogen-bond acceptors (Lipinski definition) is 1. The summed E-state index contributed by atoms with van der Waals surface area (Å²) in [5.74, 6) is -1.14. The van der Waals surface area contributed by atoms with Crippen molar-refractivity contribution in [2.45, 2.75) is 20.0 Å². The van der Waals surface area contributed by atoms with Crippen LogP contribution in [0.5, 0.6) is 0 Å². The molecule has 120 valence electrons. The van der Waals surface area contributed by atoms with Crippen LogP contribution in [0.3, 0.4) is 0 Å². The molecule has 1 aromatic carbocycles. The van der Waals surface area contributed by atoms with Gasteiger partial charge in [-0.2, -0.15) is 13.2 Å². The monoisotopic (exact) mass is 351 g/mol. The van der Waals surface area contributed by atoms with E-state index in [2.05, 4.69) is 5.32 Å². The zero-order chi connectivity index (χ0) is 16.7. The van der Waals surface area contributed by atoms with Crippen LogP contribution in [0.1, 0.15) is 19.4 Å². The van der Waals surface area contributed by atoms with E-state index in [1.807, 2.05) is 13.8 Å². The molecule has 0 spiro atoms. The van der Waals surface area contributed by atoms with E-state index >= 15 is 0 Å².